The van der Waals surface area contributed by atoms with Crippen molar-refractivity contribution in [1.29, 1.82) is 5.26 Å². The molecule has 4 heteroatoms. The molecule has 2 aromatic rings. The van der Waals surface area contributed by atoms with E-state index in [1.54, 1.807) is 0 Å². The Balaban J connectivity index is 2.24. The quantitative estimate of drug-likeness (QED) is 0.899. The molecule has 0 heterocycles. The van der Waals surface area contributed by atoms with Gasteiger partial charge in [-0.3, -0.25) is 0 Å². The molecule has 0 spiro atoms. The third-order valence-electron chi connectivity index (χ3n) is 2.69. The molecule has 0 saturated carbocycles. The van der Waals surface area contributed by atoms with Crippen LogP contribution in [0.15, 0.2) is 46.9 Å². The number of hydrogen-bond acceptors (Lipinski definition) is 2. The molecule has 96 valence electrons. The van der Waals surface area contributed by atoms with Crippen LogP contribution in [-0.2, 0) is 0 Å². The summed E-state index contributed by atoms with van der Waals surface area (Å²) >= 11 is 3.35. The predicted octanol–water partition coefficient (Wildman–Crippen LogP) is 4.57. The summed E-state index contributed by atoms with van der Waals surface area (Å²) in [4.78, 5) is 0. The highest BCUT2D eigenvalue weighted by atomic mass is 79.9. The lowest BCUT2D eigenvalue weighted by molar-refractivity contribution is 0.627. The van der Waals surface area contributed by atoms with Crippen molar-refractivity contribution in [2.45, 2.75) is 13.0 Å². The Labute approximate surface area is 120 Å². The zero-order chi connectivity index (χ0) is 13.8. The highest BCUT2D eigenvalue weighted by Crippen LogP contribution is 2.22. The normalized spacial score (nSPS) is 11.7. The standard InChI is InChI=1S/C15H12BrFN2/c1-10-6-13(17)8-14(7-10)19-15(9-18)11-2-4-12(16)5-3-11/h2-8,15,19H,1H3. The van der Waals surface area contributed by atoms with Gasteiger partial charge in [0, 0.05) is 10.2 Å². The summed E-state index contributed by atoms with van der Waals surface area (Å²) < 4.78 is 14.3. The molecule has 0 amide bonds. The number of rotatable bonds is 3. The van der Waals surface area contributed by atoms with E-state index in [0.29, 0.717) is 5.69 Å². The Hall–Kier alpha value is -1.86. The van der Waals surface area contributed by atoms with Crippen LogP contribution >= 0.6 is 15.9 Å². The maximum atomic E-state index is 13.3. The van der Waals surface area contributed by atoms with Crippen LogP contribution in [0.2, 0.25) is 0 Å². The molecule has 0 saturated heterocycles. The number of benzene rings is 2. The van der Waals surface area contributed by atoms with Gasteiger partial charge in [-0.05, 0) is 48.4 Å². The summed E-state index contributed by atoms with van der Waals surface area (Å²) in [6.07, 6.45) is 0. The van der Waals surface area contributed by atoms with E-state index in [2.05, 4.69) is 27.3 Å². The van der Waals surface area contributed by atoms with Gasteiger partial charge >= 0.3 is 0 Å². The Morgan fingerprint density at radius 2 is 1.89 bits per heavy atom. The molecule has 0 bridgehead atoms. The van der Waals surface area contributed by atoms with E-state index in [0.717, 1.165) is 15.6 Å². The Bertz CT molecular complexity index is 597. The van der Waals surface area contributed by atoms with Crippen molar-refractivity contribution in [1.82, 2.24) is 0 Å². The van der Waals surface area contributed by atoms with Crippen LogP contribution in [0, 0.1) is 24.1 Å². The molecule has 0 aromatic heterocycles. The summed E-state index contributed by atoms with van der Waals surface area (Å²) in [6.45, 7) is 1.81. The fourth-order valence-corrected chi connectivity index (χ4v) is 2.10. The Morgan fingerprint density at radius 3 is 2.47 bits per heavy atom. The van der Waals surface area contributed by atoms with Crippen LogP contribution in [0.4, 0.5) is 10.1 Å². The van der Waals surface area contributed by atoms with Crippen molar-refractivity contribution >= 4 is 21.6 Å². The van der Waals surface area contributed by atoms with Crippen molar-refractivity contribution in [3.8, 4) is 6.07 Å². The smallest absolute Gasteiger partial charge is 0.140 e. The molecule has 0 aliphatic carbocycles. The summed E-state index contributed by atoms with van der Waals surface area (Å²) in [5.41, 5.74) is 2.26. The third-order valence-corrected chi connectivity index (χ3v) is 3.21. The van der Waals surface area contributed by atoms with Crippen molar-refractivity contribution in [3.05, 3.63) is 63.9 Å². The highest BCUT2D eigenvalue weighted by Gasteiger charge is 2.10. The molecule has 2 nitrogen and oxygen atoms in total. The summed E-state index contributed by atoms with van der Waals surface area (Å²) in [5.74, 6) is -0.310. The number of nitrogens with one attached hydrogen (secondary N) is 1. The largest absolute Gasteiger partial charge is 0.366 e. The first-order valence-electron chi connectivity index (χ1n) is 5.77. The van der Waals surface area contributed by atoms with E-state index < -0.39 is 6.04 Å². The lowest BCUT2D eigenvalue weighted by Crippen LogP contribution is -2.08. The summed E-state index contributed by atoms with van der Waals surface area (Å²) in [7, 11) is 0. The Morgan fingerprint density at radius 1 is 1.21 bits per heavy atom. The SMILES string of the molecule is Cc1cc(F)cc(NC(C#N)c2ccc(Br)cc2)c1. The number of hydrogen-bond donors (Lipinski definition) is 1. The first-order valence-corrected chi connectivity index (χ1v) is 6.56. The van der Waals surface area contributed by atoms with Gasteiger partial charge < -0.3 is 5.32 Å². The first kappa shape index (κ1) is 13.6. The molecule has 19 heavy (non-hydrogen) atoms. The molecule has 1 atom stereocenters. The van der Waals surface area contributed by atoms with E-state index in [1.807, 2.05) is 37.3 Å². The van der Waals surface area contributed by atoms with Gasteiger partial charge in [-0.1, -0.05) is 28.1 Å². The average molecular weight is 319 g/mol. The van der Waals surface area contributed by atoms with Gasteiger partial charge in [0.15, 0.2) is 0 Å². The molecular formula is C15H12BrFN2. The van der Waals surface area contributed by atoms with E-state index in [4.69, 9.17) is 0 Å². The second kappa shape index (κ2) is 5.85. The molecule has 0 radical (unpaired) electrons. The molecule has 2 aromatic carbocycles. The maximum Gasteiger partial charge on any atom is 0.140 e. The fourth-order valence-electron chi connectivity index (χ4n) is 1.83. The lowest BCUT2D eigenvalue weighted by Gasteiger charge is -2.14. The zero-order valence-electron chi connectivity index (χ0n) is 10.3. The number of nitrogens with zero attached hydrogens (tertiary/aromatic N) is 1. The van der Waals surface area contributed by atoms with Crippen LogP contribution in [0.3, 0.4) is 0 Å². The van der Waals surface area contributed by atoms with E-state index in [9.17, 15) is 9.65 Å². The van der Waals surface area contributed by atoms with Crippen LogP contribution in [0.25, 0.3) is 0 Å². The first-order chi connectivity index (χ1) is 9.08. The second-order valence-electron chi connectivity index (χ2n) is 4.28. The van der Waals surface area contributed by atoms with Crippen LogP contribution < -0.4 is 5.32 Å². The topological polar surface area (TPSA) is 35.8 Å². The molecule has 0 fully saturated rings. The number of halogens is 2. The van der Waals surface area contributed by atoms with Crippen molar-refractivity contribution in [2.24, 2.45) is 0 Å². The summed E-state index contributed by atoms with van der Waals surface area (Å²) in [6, 6.07) is 13.8. The van der Waals surface area contributed by atoms with Crippen molar-refractivity contribution in [2.75, 3.05) is 5.32 Å². The van der Waals surface area contributed by atoms with Gasteiger partial charge in [0.2, 0.25) is 0 Å². The number of anilines is 1. The van der Waals surface area contributed by atoms with Gasteiger partial charge in [0.25, 0.3) is 0 Å². The minimum atomic E-state index is -0.505. The molecule has 0 aliphatic rings. The molecular weight excluding hydrogens is 307 g/mol. The molecule has 2 rings (SSSR count). The Kier molecular flexibility index (Phi) is 4.18. The molecule has 0 aliphatic heterocycles. The number of aryl methyl sites for hydroxylation is 1. The van der Waals surface area contributed by atoms with Crippen molar-refractivity contribution in [3.63, 3.8) is 0 Å². The van der Waals surface area contributed by atoms with E-state index >= 15 is 0 Å². The van der Waals surface area contributed by atoms with E-state index in [1.165, 1.54) is 12.1 Å². The van der Waals surface area contributed by atoms with Crippen LogP contribution in [-0.4, -0.2) is 0 Å². The zero-order valence-corrected chi connectivity index (χ0v) is 11.9. The van der Waals surface area contributed by atoms with Gasteiger partial charge in [-0.25, -0.2) is 4.39 Å². The predicted molar refractivity (Wildman–Crippen MR) is 77.3 cm³/mol. The van der Waals surface area contributed by atoms with Gasteiger partial charge in [0.05, 0.1) is 6.07 Å². The molecule has 1 N–H and O–H groups in total. The lowest BCUT2D eigenvalue weighted by atomic mass is 10.1. The maximum absolute atomic E-state index is 13.3. The van der Waals surface area contributed by atoms with Crippen molar-refractivity contribution < 1.29 is 4.39 Å². The second-order valence-corrected chi connectivity index (χ2v) is 5.19. The van der Waals surface area contributed by atoms with Gasteiger partial charge in [0.1, 0.15) is 11.9 Å². The molecule has 1 unspecified atom stereocenters. The average Bonchev–Trinajstić information content (AvgIpc) is 2.36. The fraction of sp³-hybridized carbons (Fsp3) is 0.133. The van der Waals surface area contributed by atoms with Crippen LogP contribution in [0.1, 0.15) is 17.2 Å². The minimum Gasteiger partial charge on any atom is -0.366 e. The monoisotopic (exact) mass is 318 g/mol. The highest BCUT2D eigenvalue weighted by molar-refractivity contribution is 9.10. The van der Waals surface area contributed by atoms with Gasteiger partial charge in [-0.15, -0.1) is 0 Å². The van der Waals surface area contributed by atoms with Crippen LogP contribution in [0.5, 0.6) is 0 Å². The van der Waals surface area contributed by atoms with E-state index in [-0.39, 0.29) is 5.82 Å². The minimum absolute atomic E-state index is 0.310. The number of nitriles is 1. The summed E-state index contributed by atoms with van der Waals surface area (Å²) in [5, 5.41) is 12.3. The van der Waals surface area contributed by atoms with Gasteiger partial charge in [-0.2, -0.15) is 5.26 Å². The third kappa shape index (κ3) is 3.55.